The van der Waals surface area contributed by atoms with Crippen molar-refractivity contribution in [3.05, 3.63) is 71.8 Å². The number of rotatable bonds is 14. The Morgan fingerprint density at radius 3 is 1.73 bits per heavy atom. The fourth-order valence-corrected chi connectivity index (χ4v) is 7.66. The molecule has 3 rings (SSSR count). The van der Waals surface area contributed by atoms with Crippen LogP contribution >= 0.6 is 0 Å². The number of pyridine rings is 1. The Kier molecular flexibility index (Phi) is 10.5. The van der Waals surface area contributed by atoms with Crippen molar-refractivity contribution in [1.82, 2.24) is 29.1 Å². The van der Waals surface area contributed by atoms with Gasteiger partial charge in [0.25, 0.3) is 0 Å². The standard InChI is InChI=1S/C25H35N7O6S3/c1-17(2)30-39(33,34)16-20-7-5-19(6-8-20)11-22(32-41(37,38)24-14-28-25(26)29-15-24)12-21-9-10-23(13-27-21)40(35,36)31-18(3)4/h5-10,13-15,17-18,22,30-32H,11-12,16H2,1-4H3,(H2,26,28,29). The highest BCUT2D eigenvalue weighted by atomic mass is 32.2. The van der Waals surface area contributed by atoms with E-state index < -0.39 is 36.1 Å². The Labute approximate surface area is 241 Å². The number of nitrogens with one attached hydrogen (secondary N) is 3. The smallest absolute Gasteiger partial charge is 0.243 e. The first-order chi connectivity index (χ1) is 19.0. The highest BCUT2D eigenvalue weighted by molar-refractivity contribution is 7.90. The Morgan fingerprint density at radius 1 is 0.659 bits per heavy atom. The van der Waals surface area contributed by atoms with E-state index in [1.807, 2.05) is 0 Å². The quantitative estimate of drug-likeness (QED) is 0.201. The SMILES string of the molecule is CC(C)NS(=O)(=O)Cc1ccc(CC(Cc2ccc(S(=O)(=O)NC(C)C)cn2)NS(=O)(=O)c2cnc(N)nc2)cc1. The van der Waals surface area contributed by atoms with E-state index in [-0.39, 0.29) is 46.4 Å². The summed E-state index contributed by atoms with van der Waals surface area (Å²) in [5.41, 5.74) is 7.26. The second-order valence-corrected chi connectivity index (χ2v) is 15.3. The van der Waals surface area contributed by atoms with Gasteiger partial charge in [-0.3, -0.25) is 4.98 Å². The van der Waals surface area contributed by atoms with Gasteiger partial charge in [0.05, 0.1) is 18.1 Å². The lowest BCUT2D eigenvalue weighted by atomic mass is 10.0. The summed E-state index contributed by atoms with van der Waals surface area (Å²) in [5, 5.41) is 0. The van der Waals surface area contributed by atoms with E-state index in [1.165, 1.54) is 18.3 Å². The molecule has 41 heavy (non-hydrogen) atoms. The summed E-state index contributed by atoms with van der Waals surface area (Å²) in [6.07, 6.45) is 3.77. The Morgan fingerprint density at radius 2 is 1.20 bits per heavy atom. The third-order valence-corrected chi connectivity index (χ3v) is 10.2. The number of nitrogens with two attached hydrogens (primary N) is 1. The molecule has 1 atom stereocenters. The van der Waals surface area contributed by atoms with Crippen LogP contribution in [0.2, 0.25) is 0 Å². The molecule has 0 saturated heterocycles. The van der Waals surface area contributed by atoms with Gasteiger partial charge in [-0.25, -0.2) is 49.4 Å². The van der Waals surface area contributed by atoms with Gasteiger partial charge in [-0.2, -0.15) is 0 Å². The zero-order valence-corrected chi connectivity index (χ0v) is 25.6. The predicted molar refractivity (Wildman–Crippen MR) is 155 cm³/mol. The van der Waals surface area contributed by atoms with Gasteiger partial charge >= 0.3 is 0 Å². The van der Waals surface area contributed by atoms with E-state index >= 15 is 0 Å². The summed E-state index contributed by atoms with van der Waals surface area (Å²) in [6.45, 7) is 6.89. The minimum Gasteiger partial charge on any atom is -0.368 e. The third-order valence-electron chi connectivity index (χ3n) is 5.51. The molecule has 0 aliphatic rings. The number of nitrogen functional groups attached to an aromatic ring is 1. The van der Waals surface area contributed by atoms with Crippen LogP contribution in [0.4, 0.5) is 5.95 Å². The number of aromatic nitrogens is 3. The third kappa shape index (κ3) is 10.1. The largest absolute Gasteiger partial charge is 0.368 e. The Balaban J connectivity index is 1.84. The first kappa shape index (κ1) is 32.5. The molecule has 0 bridgehead atoms. The molecular formula is C25H35N7O6S3. The van der Waals surface area contributed by atoms with Crippen LogP contribution in [0.25, 0.3) is 0 Å². The van der Waals surface area contributed by atoms with E-state index in [9.17, 15) is 25.3 Å². The first-order valence-corrected chi connectivity index (χ1v) is 17.3. The highest BCUT2D eigenvalue weighted by Crippen LogP contribution is 2.16. The van der Waals surface area contributed by atoms with Crippen molar-refractivity contribution in [2.45, 2.75) is 74.2 Å². The monoisotopic (exact) mass is 625 g/mol. The normalized spacial score (nSPS) is 13.5. The fraction of sp³-hybridized carbons (Fsp3) is 0.400. The second-order valence-electron chi connectivity index (χ2n) is 10.1. The van der Waals surface area contributed by atoms with Crippen LogP contribution in [0.15, 0.2) is 64.8 Å². The summed E-state index contributed by atoms with van der Waals surface area (Å²) >= 11 is 0. The summed E-state index contributed by atoms with van der Waals surface area (Å²) in [5.74, 6) is -0.263. The molecule has 3 aromatic rings. The number of sulfonamides is 3. The maximum atomic E-state index is 13.1. The molecular weight excluding hydrogens is 591 g/mol. The molecule has 13 nitrogen and oxygen atoms in total. The van der Waals surface area contributed by atoms with Crippen LogP contribution in [-0.2, 0) is 48.7 Å². The molecule has 0 aliphatic heterocycles. The van der Waals surface area contributed by atoms with Gasteiger partial charge in [0.1, 0.15) is 9.79 Å². The second kappa shape index (κ2) is 13.3. The minimum atomic E-state index is -4.06. The lowest BCUT2D eigenvalue weighted by molar-refractivity contribution is 0.539. The average Bonchev–Trinajstić information content (AvgIpc) is 2.84. The Bertz CT molecular complexity index is 1630. The summed E-state index contributed by atoms with van der Waals surface area (Å²) in [4.78, 5) is 11.6. The molecule has 5 N–H and O–H groups in total. The van der Waals surface area contributed by atoms with Gasteiger partial charge in [0, 0.05) is 36.4 Å². The zero-order chi connectivity index (χ0) is 30.4. The molecule has 0 fully saturated rings. The molecule has 2 heterocycles. The first-order valence-electron chi connectivity index (χ1n) is 12.7. The van der Waals surface area contributed by atoms with Crippen molar-refractivity contribution in [2.24, 2.45) is 0 Å². The van der Waals surface area contributed by atoms with E-state index in [4.69, 9.17) is 5.73 Å². The minimum absolute atomic E-state index is 0.0106. The van der Waals surface area contributed by atoms with Crippen molar-refractivity contribution >= 4 is 36.0 Å². The van der Waals surface area contributed by atoms with E-state index in [2.05, 4.69) is 29.1 Å². The number of nitrogens with zero attached hydrogens (tertiary/aromatic N) is 3. The zero-order valence-electron chi connectivity index (χ0n) is 23.1. The molecule has 2 aromatic heterocycles. The van der Waals surface area contributed by atoms with Crippen molar-refractivity contribution in [2.75, 3.05) is 5.73 Å². The van der Waals surface area contributed by atoms with Crippen LogP contribution < -0.4 is 19.9 Å². The molecule has 0 spiro atoms. The maximum absolute atomic E-state index is 13.1. The van der Waals surface area contributed by atoms with Gasteiger partial charge in [-0.15, -0.1) is 0 Å². The van der Waals surface area contributed by atoms with Crippen molar-refractivity contribution < 1.29 is 25.3 Å². The molecule has 0 saturated carbocycles. The van der Waals surface area contributed by atoms with Gasteiger partial charge in [0.15, 0.2) is 0 Å². The molecule has 224 valence electrons. The summed E-state index contributed by atoms with van der Waals surface area (Å²) in [7, 11) is -11.3. The highest BCUT2D eigenvalue weighted by Gasteiger charge is 2.23. The van der Waals surface area contributed by atoms with Gasteiger partial charge in [-0.1, -0.05) is 24.3 Å². The van der Waals surface area contributed by atoms with Gasteiger partial charge in [0.2, 0.25) is 36.0 Å². The predicted octanol–water partition coefficient (Wildman–Crippen LogP) is 1.10. The van der Waals surface area contributed by atoms with Crippen molar-refractivity contribution in [1.29, 1.82) is 0 Å². The number of benzene rings is 1. The van der Waals surface area contributed by atoms with Crippen molar-refractivity contribution in [3.8, 4) is 0 Å². The molecule has 0 aliphatic carbocycles. The number of hydrogen-bond acceptors (Lipinski definition) is 10. The molecule has 16 heteroatoms. The Hall–Kier alpha value is -3.02. The molecule has 1 aromatic carbocycles. The van der Waals surface area contributed by atoms with Gasteiger partial charge < -0.3 is 5.73 Å². The number of anilines is 1. The summed E-state index contributed by atoms with van der Waals surface area (Å²) in [6, 6.07) is 8.51. The van der Waals surface area contributed by atoms with Crippen LogP contribution in [0.3, 0.4) is 0 Å². The van der Waals surface area contributed by atoms with Crippen LogP contribution in [0, 0.1) is 0 Å². The maximum Gasteiger partial charge on any atom is 0.243 e. The molecule has 0 amide bonds. The number of hydrogen-bond donors (Lipinski definition) is 4. The van der Waals surface area contributed by atoms with Crippen LogP contribution in [0.5, 0.6) is 0 Å². The van der Waals surface area contributed by atoms with E-state index in [0.717, 1.165) is 18.0 Å². The van der Waals surface area contributed by atoms with E-state index in [0.29, 0.717) is 11.3 Å². The van der Waals surface area contributed by atoms with Crippen molar-refractivity contribution in [3.63, 3.8) is 0 Å². The molecule has 0 radical (unpaired) electrons. The summed E-state index contributed by atoms with van der Waals surface area (Å²) < 4.78 is 83.3. The van der Waals surface area contributed by atoms with E-state index in [1.54, 1.807) is 52.0 Å². The lowest BCUT2D eigenvalue weighted by Gasteiger charge is -2.19. The van der Waals surface area contributed by atoms with Crippen LogP contribution in [0.1, 0.15) is 44.5 Å². The lowest BCUT2D eigenvalue weighted by Crippen LogP contribution is -2.38. The molecule has 1 unspecified atom stereocenters. The average molecular weight is 626 g/mol. The van der Waals surface area contributed by atoms with Crippen LogP contribution in [-0.4, -0.2) is 58.3 Å². The van der Waals surface area contributed by atoms with Gasteiger partial charge in [-0.05, 0) is 57.4 Å². The topological polar surface area (TPSA) is 203 Å². The fourth-order valence-electron chi connectivity index (χ4n) is 3.91.